The van der Waals surface area contributed by atoms with Gasteiger partial charge >= 0.3 is 0 Å². The van der Waals surface area contributed by atoms with Gasteiger partial charge in [0.05, 0.1) is 11.3 Å². The molecule has 0 radical (unpaired) electrons. The number of anilines is 2. The summed E-state index contributed by atoms with van der Waals surface area (Å²) in [5.41, 5.74) is 1.25. The Morgan fingerprint density at radius 3 is 2.39 bits per heavy atom. The maximum Gasteiger partial charge on any atom is 0.256 e. The summed E-state index contributed by atoms with van der Waals surface area (Å²) in [4.78, 5) is 36.7. The van der Waals surface area contributed by atoms with Gasteiger partial charge in [-0.3, -0.25) is 19.3 Å². The number of nitrogens with one attached hydrogen (secondary N) is 1. The monoisotopic (exact) mass is 325 g/mol. The maximum atomic E-state index is 12.2. The molecule has 0 saturated carbocycles. The summed E-state index contributed by atoms with van der Waals surface area (Å²) in [7, 11) is 0. The summed E-state index contributed by atoms with van der Waals surface area (Å²) >= 11 is 1.27. The van der Waals surface area contributed by atoms with E-state index in [1.165, 1.54) is 11.3 Å². The first kappa shape index (κ1) is 14.9. The third kappa shape index (κ3) is 2.84. The van der Waals surface area contributed by atoms with Crippen molar-refractivity contribution in [3.8, 4) is 6.07 Å². The third-order valence-corrected chi connectivity index (χ3v) is 4.28. The minimum Gasteiger partial charge on any atom is -0.312 e. The van der Waals surface area contributed by atoms with Gasteiger partial charge in [-0.25, -0.2) is 0 Å². The second-order valence-electron chi connectivity index (χ2n) is 4.90. The Morgan fingerprint density at radius 1 is 1.13 bits per heavy atom. The quantitative estimate of drug-likeness (QED) is 0.878. The molecule has 1 N–H and O–H groups in total. The van der Waals surface area contributed by atoms with Gasteiger partial charge in [0, 0.05) is 18.4 Å². The summed E-state index contributed by atoms with van der Waals surface area (Å²) in [6.07, 6.45) is 0.437. The normalized spacial score (nSPS) is 14.0. The van der Waals surface area contributed by atoms with Crippen molar-refractivity contribution in [1.82, 2.24) is 0 Å². The van der Waals surface area contributed by atoms with E-state index in [1.54, 1.807) is 35.7 Å². The van der Waals surface area contributed by atoms with Gasteiger partial charge in [0.1, 0.15) is 11.1 Å². The number of nitrogens with zero attached hydrogens (tertiary/aromatic N) is 2. The average Bonchev–Trinajstić information content (AvgIpc) is 3.14. The number of benzene rings is 1. The Morgan fingerprint density at radius 2 is 1.78 bits per heavy atom. The van der Waals surface area contributed by atoms with Crippen molar-refractivity contribution in [2.45, 2.75) is 12.8 Å². The van der Waals surface area contributed by atoms with E-state index in [9.17, 15) is 14.4 Å². The number of hydrogen-bond acceptors (Lipinski definition) is 5. The molecule has 7 heteroatoms. The highest BCUT2D eigenvalue weighted by Crippen LogP contribution is 2.25. The first-order valence-corrected chi connectivity index (χ1v) is 7.73. The molecule has 1 fully saturated rings. The Bertz CT molecular complexity index is 817. The van der Waals surface area contributed by atoms with Crippen molar-refractivity contribution in [3.63, 3.8) is 0 Å². The van der Waals surface area contributed by atoms with Crippen LogP contribution in [0.15, 0.2) is 35.7 Å². The zero-order valence-corrected chi connectivity index (χ0v) is 12.7. The number of thiophene rings is 1. The fourth-order valence-corrected chi connectivity index (χ4v) is 3.03. The predicted octanol–water partition coefficient (Wildman–Crippen LogP) is 2.53. The molecule has 2 heterocycles. The van der Waals surface area contributed by atoms with Crippen molar-refractivity contribution in [2.24, 2.45) is 0 Å². The highest BCUT2D eigenvalue weighted by atomic mass is 32.1. The molecule has 2 aromatic rings. The van der Waals surface area contributed by atoms with E-state index in [1.807, 2.05) is 6.07 Å². The highest BCUT2D eigenvalue weighted by molar-refractivity contribution is 7.14. The topological polar surface area (TPSA) is 90.3 Å². The van der Waals surface area contributed by atoms with Crippen molar-refractivity contribution >= 4 is 39.7 Å². The molecule has 3 rings (SSSR count). The van der Waals surface area contributed by atoms with Gasteiger partial charge < -0.3 is 5.32 Å². The lowest BCUT2D eigenvalue weighted by Gasteiger charge is -2.14. The fraction of sp³-hybridized carbons (Fsp3) is 0.125. The molecule has 1 aliphatic rings. The minimum absolute atomic E-state index is 0.219. The number of carbonyl (C=O) groups is 3. The van der Waals surface area contributed by atoms with Crippen molar-refractivity contribution in [3.05, 3.63) is 46.8 Å². The summed E-state index contributed by atoms with van der Waals surface area (Å²) in [5, 5.41) is 13.8. The molecule has 1 aliphatic heterocycles. The third-order valence-electron chi connectivity index (χ3n) is 3.45. The summed E-state index contributed by atoms with van der Waals surface area (Å²) in [6.45, 7) is 0. The first-order chi connectivity index (χ1) is 11.1. The van der Waals surface area contributed by atoms with Crippen LogP contribution in [0, 0.1) is 11.3 Å². The average molecular weight is 325 g/mol. The van der Waals surface area contributed by atoms with E-state index >= 15 is 0 Å². The van der Waals surface area contributed by atoms with Crippen molar-refractivity contribution < 1.29 is 14.4 Å². The highest BCUT2D eigenvalue weighted by Gasteiger charge is 2.30. The van der Waals surface area contributed by atoms with E-state index in [4.69, 9.17) is 5.26 Å². The smallest absolute Gasteiger partial charge is 0.256 e. The number of hydrogen-bond donors (Lipinski definition) is 1. The lowest BCUT2D eigenvalue weighted by Crippen LogP contribution is -2.28. The maximum absolute atomic E-state index is 12.2. The molecule has 1 aromatic carbocycles. The Labute approximate surface area is 135 Å². The number of amides is 3. The largest absolute Gasteiger partial charge is 0.312 e. The molecule has 0 atom stereocenters. The predicted molar refractivity (Wildman–Crippen MR) is 85.2 cm³/mol. The van der Waals surface area contributed by atoms with Crippen LogP contribution in [0.4, 0.5) is 10.7 Å². The van der Waals surface area contributed by atoms with Crippen molar-refractivity contribution in [1.29, 1.82) is 5.26 Å². The summed E-state index contributed by atoms with van der Waals surface area (Å²) < 4.78 is 0. The molecule has 0 aliphatic carbocycles. The van der Waals surface area contributed by atoms with Gasteiger partial charge in [-0.15, -0.1) is 11.3 Å². The molecule has 1 aromatic heterocycles. The number of carbonyl (C=O) groups excluding carboxylic acids is 3. The molecule has 1 saturated heterocycles. The molecule has 23 heavy (non-hydrogen) atoms. The number of imide groups is 1. The SMILES string of the molecule is N#Cc1ccsc1NC(=O)c1ccc(N2C(=O)CCC2=O)cc1. The van der Waals surface area contributed by atoms with Gasteiger partial charge in [-0.1, -0.05) is 0 Å². The van der Waals surface area contributed by atoms with Gasteiger partial charge in [0.2, 0.25) is 11.8 Å². The van der Waals surface area contributed by atoms with E-state index in [2.05, 4.69) is 5.32 Å². The lowest BCUT2D eigenvalue weighted by atomic mass is 10.2. The molecule has 6 nitrogen and oxygen atoms in total. The fourth-order valence-electron chi connectivity index (χ4n) is 2.30. The van der Waals surface area contributed by atoms with E-state index in [0.717, 1.165) is 4.90 Å². The van der Waals surface area contributed by atoms with Gasteiger partial charge in [0.25, 0.3) is 5.91 Å². The number of rotatable bonds is 3. The van der Waals surface area contributed by atoms with E-state index in [0.29, 0.717) is 21.8 Å². The summed E-state index contributed by atoms with van der Waals surface area (Å²) in [6, 6.07) is 9.86. The standard InChI is InChI=1S/C16H11N3O3S/c17-9-11-7-8-23-16(11)18-15(22)10-1-3-12(4-2-10)19-13(20)5-6-14(19)21/h1-4,7-8H,5-6H2,(H,18,22). The van der Waals surface area contributed by atoms with Crippen LogP contribution in [0.2, 0.25) is 0 Å². The van der Waals surface area contributed by atoms with Gasteiger partial charge in [-0.05, 0) is 35.7 Å². The molecule has 114 valence electrons. The van der Waals surface area contributed by atoms with Crippen LogP contribution >= 0.6 is 11.3 Å². The molecule has 0 spiro atoms. The first-order valence-electron chi connectivity index (χ1n) is 6.85. The number of nitriles is 1. The molecule has 0 unspecified atom stereocenters. The van der Waals surface area contributed by atoms with E-state index < -0.39 is 0 Å². The Kier molecular flexibility index (Phi) is 3.91. The van der Waals surface area contributed by atoms with Crippen LogP contribution in [0.1, 0.15) is 28.8 Å². The lowest BCUT2D eigenvalue weighted by molar-refractivity contribution is -0.121. The summed E-state index contributed by atoms with van der Waals surface area (Å²) in [5.74, 6) is -0.816. The Balaban J connectivity index is 1.77. The zero-order valence-electron chi connectivity index (χ0n) is 11.9. The minimum atomic E-state index is -0.352. The molecular weight excluding hydrogens is 314 g/mol. The van der Waals surface area contributed by atoms with Gasteiger partial charge in [-0.2, -0.15) is 5.26 Å². The zero-order chi connectivity index (χ0) is 16.4. The second-order valence-corrected chi connectivity index (χ2v) is 5.82. The van der Waals surface area contributed by atoms with Crippen LogP contribution in [-0.4, -0.2) is 17.7 Å². The second kappa shape index (κ2) is 6.02. The van der Waals surface area contributed by atoms with Crippen LogP contribution in [0.25, 0.3) is 0 Å². The van der Waals surface area contributed by atoms with Crippen LogP contribution < -0.4 is 10.2 Å². The molecule has 3 amide bonds. The van der Waals surface area contributed by atoms with Gasteiger partial charge in [0.15, 0.2) is 0 Å². The van der Waals surface area contributed by atoms with Crippen LogP contribution in [0.3, 0.4) is 0 Å². The van der Waals surface area contributed by atoms with E-state index in [-0.39, 0.29) is 30.6 Å². The van der Waals surface area contributed by atoms with Crippen LogP contribution in [-0.2, 0) is 9.59 Å². The van der Waals surface area contributed by atoms with Crippen molar-refractivity contribution in [2.75, 3.05) is 10.2 Å². The molecular formula is C16H11N3O3S. The Hall–Kier alpha value is -2.98. The molecule has 0 bridgehead atoms. The van der Waals surface area contributed by atoms with Crippen LogP contribution in [0.5, 0.6) is 0 Å².